The zero-order valence-electron chi connectivity index (χ0n) is 17.5. The van der Waals surface area contributed by atoms with Gasteiger partial charge in [-0.1, -0.05) is 36.4 Å². The molecular formula is C22H30N3O4+. The fraction of sp³-hybridized carbons (Fsp3) is 0.364. The van der Waals surface area contributed by atoms with Crippen LogP contribution in [0.25, 0.3) is 0 Å². The second kappa shape index (κ2) is 11.1. The third-order valence-electron chi connectivity index (χ3n) is 4.37. The van der Waals surface area contributed by atoms with Gasteiger partial charge < -0.3 is 24.6 Å². The predicted molar refractivity (Wildman–Crippen MR) is 111 cm³/mol. The quantitative estimate of drug-likeness (QED) is 0.609. The van der Waals surface area contributed by atoms with Crippen LogP contribution in [0.15, 0.2) is 48.5 Å². The molecule has 1 atom stereocenters. The largest absolute Gasteiger partial charge is 0.493 e. The van der Waals surface area contributed by atoms with E-state index in [0.29, 0.717) is 24.7 Å². The molecule has 2 amide bonds. The Labute approximate surface area is 172 Å². The van der Waals surface area contributed by atoms with Crippen molar-refractivity contribution in [2.75, 3.05) is 41.3 Å². The minimum Gasteiger partial charge on any atom is -0.493 e. The Morgan fingerprint density at radius 3 is 2.38 bits per heavy atom. The van der Waals surface area contributed by atoms with Crippen LogP contribution >= 0.6 is 0 Å². The molecule has 0 saturated heterocycles. The molecule has 0 saturated carbocycles. The topological polar surface area (TPSA) is 72.3 Å². The van der Waals surface area contributed by atoms with E-state index in [1.54, 1.807) is 21.2 Å². The summed E-state index contributed by atoms with van der Waals surface area (Å²) in [6, 6.07) is 15.5. The molecule has 0 aromatic heterocycles. The molecule has 0 heterocycles. The molecule has 2 N–H and O–H groups in total. The molecule has 7 heteroatoms. The van der Waals surface area contributed by atoms with Crippen molar-refractivity contribution in [3.05, 3.63) is 59.7 Å². The molecule has 0 aliphatic carbocycles. The van der Waals surface area contributed by atoms with Gasteiger partial charge in [-0.05, 0) is 23.3 Å². The van der Waals surface area contributed by atoms with Crippen LogP contribution in [0.2, 0.25) is 0 Å². The summed E-state index contributed by atoms with van der Waals surface area (Å²) in [5.74, 6) is 1.15. The molecule has 1 unspecified atom stereocenters. The first-order valence-electron chi connectivity index (χ1n) is 9.51. The van der Waals surface area contributed by atoms with Gasteiger partial charge in [0.1, 0.15) is 6.61 Å². The van der Waals surface area contributed by atoms with Gasteiger partial charge in [-0.2, -0.15) is 0 Å². The molecule has 2 aromatic carbocycles. The van der Waals surface area contributed by atoms with Crippen LogP contribution in [0.3, 0.4) is 0 Å². The average Bonchev–Trinajstić information content (AvgIpc) is 2.71. The Bertz CT molecular complexity index is 809. The first kappa shape index (κ1) is 22.2. The number of rotatable bonds is 10. The van der Waals surface area contributed by atoms with Gasteiger partial charge in [0.05, 0.1) is 14.2 Å². The third-order valence-corrected chi connectivity index (χ3v) is 4.37. The third kappa shape index (κ3) is 7.46. The molecule has 29 heavy (non-hydrogen) atoms. The van der Waals surface area contributed by atoms with Crippen molar-refractivity contribution in [1.29, 1.82) is 0 Å². The number of benzene rings is 2. The van der Waals surface area contributed by atoms with E-state index < -0.39 is 0 Å². The lowest BCUT2D eigenvalue weighted by Gasteiger charge is -2.16. The van der Waals surface area contributed by atoms with Crippen molar-refractivity contribution in [2.24, 2.45) is 0 Å². The highest BCUT2D eigenvalue weighted by Gasteiger charge is 2.15. The number of nitrogens with one attached hydrogen (secondary N) is 2. The van der Waals surface area contributed by atoms with E-state index in [1.165, 1.54) is 4.90 Å². The molecule has 0 spiro atoms. The highest BCUT2D eigenvalue weighted by molar-refractivity contribution is 5.78. The zero-order valence-corrected chi connectivity index (χ0v) is 17.5. The SMILES string of the molecule is COc1cc(CNC(=O)C[NH+](C)CC(=O)N(C)C)ccc1OCc1ccccc1. The van der Waals surface area contributed by atoms with Crippen LogP contribution in [0.5, 0.6) is 11.5 Å². The van der Waals surface area contributed by atoms with Crippen molar-refractivity contribution in [2.45, 2.75) is 13.2 Å². The van der Waals surface area contributed by atoms with Gasteiger partial charge >= 0.3 is 0 Å². The summed E-state index contributed by atoms with van der Waals surface area (Å²) in [5.41, 5.74) is 1.98. The van der Waals surface area contributed by atoms with Gasteiger partial charge in [0.15, 0.2) is 24.6 Å². The van der Waals surface area contributed by atoms with Crippen molar-refractivity contribution < 1.29 is 24.0 Å². The lowest BCUT2D eigenvalue weighted by Crippen LogP contribution is -3.11. The summed E-state index contributed by atoms with van der Waals surface area (Å²) in [4.78, 5) is 26.2. The fourth-order valence-corrected chi connectivity index (χ4v) is 2.69. The Balaban J connectivity index is 1.86. The number of ether oxygens (including phenoxy) is 2. The molecule has 156 valence electrons. The van der Waals surface area contributed by atoms with E-state index in [-0.39, 0.29) is 24.9 Å². The maximum Gasteiger partial charge on any atom is 0.277 e. The molecule has 0 aliphatic heterocycles. The maximum atomic E-state index is 12.1. The van der Waals surface area contributed by atoms with E-state index in [2.05, 4.69) is 5.32 Å². The van der Waals surface area contributed by atoms with Crippen LogP contribution in [-0.4, -0.2) is 58.1 Å². The molecule has 0 bridgehead atoms. The number of hydrogen-bond acceptors (Lipinski definition) is 4. The number of hydrogen-bond donors (Lipinski definition) is 2. The van der Waals surface area contributed by atoms with Crippen LogP contribution in [-0.2, 0) is 22.7 Å². The number of carbonyl (C=O) groups excluding carboxylic acids is 2. The fourth-order valence-electron chi connectivity index (χ4n) is 2.69. The van der Waals surface area contributed by atoms with Crippen LogP contribution < -0.4 is 19.7 Å². The standard InChI is InChI=1S/C22H29N3O4/c1-24(2)22(27)15-25(3)14-21(26)23-13-18-10-11-19(20(12-18)28-4)29-16-17-8-6-5-7-9-17/h5-12H,13-16H2,1-4H3,(H,23,26)/p+1. The second-order valence-electron chi connectivity index (χ2n) is 7.14. The summed E-state index contributed by atoms with van der Waals surface area (Å²) in [5, 5.41) is 2.88. The van der Waals surface area contributed by atoms with E-state index in [4.69, 9.17) is 9.47 Å². The normalized spacial score (nSPS) is 11.4. The summed E-state index contributed by atoms with van der Waals surface area (Å²) in [6.07, 6.45) is 0. The monoisotopic (exact) mass is 400 g/mol. The van der Waals surface area contributed by atoms with Crippen molar-refractivity contribution in [3.8, 4) is 11.5 Å². The van der Waals surface area contributed by atoms with Gasteiger partial charge in [0.2, 0.25) is 0 Å². The van der Waals surface area contributed by atoms with Crippen LogP contribution in [0.4, 0.5) is 0 Å². The summed E-state index contributed by atoms with van der Waals surface area (Å²) in [7, 11) is 6.82. The minimum atomic E-state index is -0.113. The number of carbonyl (C=O) groups is 2. The van der Waals surface area contributed by atoms with Crippen LogP contribution in [0.1, 0.15) is 11.1 Å². The van der Waals surface area contributed by atoms with E-state index >= 15 is 0 Å². The van der Waals surface area contributed by atoms with Gasteiger partial charge in [0, 0.05) is 20.6 Å². The molecule has 7 nitrogen and oxygen atoms in total. The van der Waals surface area contributed by atoms with E-state index in [9.17, 15) is 9.59 Å². The molecule has 0 fully saturated rings. The number of quaternary nitrogens is 1. The van der Waals surface area contributed by atoms with Crippen molar-refractivity contribution >= 4 is 11.8 Å². The Hall–Kier alpha value is -3.06. The maximum absolute atomic E-state index is 12.1. The number of likely N-dealkylation sites (N-methyl/N-ethyl adjacent to an activating group) is 2. The van der Waals surface area contributed by atoms with Gasteiger partial charge in [0.25, 0.3) is 11.8 Å². The van der Waals surface area contributed by atoms with E-state index in [1.807, 2.05) is 55.6 Å². The Kier molecular flexibility index (Phi) is 8.48. The molecule has 2 aromatic rings. The Morgan fingerprint density at radius 2 is 1.72 bits per heavy atom. The summed E-state index contributed by atoms with van der Waals surface area (Å²) < 4.78 is 11.3. The van der Waals surface area contributed by atoms with Gasteiger partial charge in [-0.25, -0.2) is 0 Å². The molecular weight excluding hydrogens is 370 g/mol. The number of methoxy groups -OCH3 is 1. The lowest BCUT2D eigenvalue weighted by atomic mass is 10.2. The zero-order chi connectivity index (χ0) is 21.2. The smallest absolute Gasteiger partial charge is 0.277 e. The first-order chi connectivity index (χ1) is 13.9. The first-order valence-corrected chi connectivity index (χ1v) is 9.51. The predicted octanol–water partition coefficient (Wildman–Crippen LogP) is 0.493. The number of amides is 2. The van der Waals surface area contributed by atoms with Crippen molar-refractivity contribution in [1.82, 2.24) is 10.2 Å². The average molecular weight is 400 g/mol. The van der Waals surface area contributed by atoms with Crippen molar-refractivity contribution in [3.63, 3.8) is 0 Å². The Morgan fingerprint density at radius 1 is 1.00 bits per heavy atom. The second-order valence-corrected chi connectivity index (χ2v) is 7.14. The minimum absolute atomic E-state index is 0.00821. The van der Waals surface area contributed by atoms with Crippen LogP contribution in [0, 0.1) is 0 Å². The summed E-state index contributed by atoms with van der Waals surface area (Å²) >= 11 is 0. The summed E-state index contributed by atoms with van der Waals surface area (Å²) in [6.45, 7) is 1.34. The van der Waals surface area contributed by atoms with E-state index in [0.717, 1.165) is 16.0 Å². The number of nitrogens with zero attached hydrogens (tertiary/aromatic N) is 1. The van der Waals surface area contributed by atoms with Gasteiger partial charge in [-0.3, -0.25) is 9.59 Å². The molecule has 2 rings (SSSR count). The molecule has 0 radical (unpaired) electrons. The highest BCUT2D eigenvalue weighted by Crippen LogP contribution is 2.28. The van der Waals surface area contributed by atoms with Gasteiger partial charge in [-0.15, -0.1) is 0 Å². The lowest BCUT2D eigenvalue weighted by molar-refractivity contribution is -0.862. The molecule has 0 aliphatic rings. The highest BCUT2D eigenvalue weighted by atomic mass is 16.5.